The number of carbonyl (C=O) groups is 1. The summed E-state index contributed by atoms with van der Waals surface area (Å²) < 4.78 is 16.1. The van der Waals surface area contributed by atoms with Crippen LogP contribution in [0.5, 0.6) is 5.75 Å². The number of aromatic nitrogens is 2. The molecule has 2 aromatic heterocycles. The molecule has 4 aromatic rings. The largest absolute Gasteiger partial charge is 0.494 e. The quantitative estimate of drug-likeness (QED) is 0.351. The number of fused-ring (bicyclic) bond motifs is 1. The summed E-state index contributed by atoms with van der Waals surface area (Å²) in [6.45, 7) is 2.52. The molecule has 0 fully saturated rings. The Kier molecular flexibility index (Phi) is 5.80. The molecule has 4 rings (SSSR count). The molecule has 0 aliphatic rings. The van der Waals surface area contributed by atoms with Gasteiger partial charge in [-0.25, -0.2) is 4.79 Å². The summed E-state index contributed by atoms with van der Waals surface area (Å²) in [4.78, 5) is 23.5. The number of hydrogen-bond acceptors (Lipinski definition) is 8. The van der Waals surface area contributed by atoms with Crippen molar-refractivity contribution in [2.24, 2.45) is 0 Å². The topological polar surface area (TPSA) is 107 Å². The first kappa shape index (κ1) is 19.7. The lowest BCUT2D eigenvalue weighted by Gasteiger charge is -2.05. The number of benzene rings is 2. The van der Waals surface area contributed by atoms with Gasteiger partial charge in [-0.15, -0.1) is 10.2 Å². The van der Waals surface area contributed by atoms with Crippen molar-refractivity contribution in [1.82, 2.24) is 10.2 Å². The lowest BCUT2D eigenvalue weighted by Crippen LogP contribution is -2.14. The fourth-order valence-electron chi connectivity index (χ4n) is 2.72. The zero-order chi connectivity index (χ0) is 20.9. The molecule has 9 heteroatoms. The lowest BCUT2D eigenvalue weighted by molar-refractivity contribution is -0.113. The molecule has 1 N–H and O–H groups in total. The average Bonchev–Trinajstić information content (AvgIpc) is 3.22. The highest BCUT2D eigenvalue weighted by atomic mass is 32.2. The molecule has 0 bridgehead atoms. The van der Waals surface area contributed by atoms with Crippen molar-refractivity contribution in [1.29, 1.82) is 0 Å². The fourth-order valence-corrected chi connectivity index (χ4v) is 3.28. The number of ether oxygens (including phenoxy) is 1. The van der Waals surface area contributed by atoms with Crippen LogP contribution in [0.15, 0.2) is 73.4 Å². The predicted molar refractivity (Wildman–Crippen MR) is 113 cm³/mol. The molecule has 30 heavy (non-hydrogen) atoms. The minimum atomic E-state index is -0.417. The number of nitrogens with zero attached hydrogens (tertiary/aromatic N) is 2. The standard InChI is InChI=1S/C21H17N3O5S/c1-2-27-16-7-3-13(4-8-16)20-23-24-21(29-20)30-12-18(25)22-15-6-9-17-14(11-15)5-10-19(26)28-17/h3-11H,2,12H2,1H3,(H,22,25). The smallest absolute Gasteiger partial charge is 0.336 e. The second-order valence-electron chi connectivity index (χ2n) is 6.17. The van der Waals surface area contributed by atoms with Crippen molar-refractivity contribution >= 4 is 34.3 Å². The molecule has 0 unspecified atom stereocenters. The molecular weight excluding hydrogens is 406 g/mol. The van der Waals surface area contributed by atoms with E-state index in [9.17, 15) is 9.59 Å². The van der Waals surface area contributed by atoms with E-state index in [4.69, 9.17) is 13.6 Å². The summed E-state index contributed by atoms with van der Waals surface area (Å²) in [5.74, 6) is 1.02. The number of hydrogen-bond donors (Lipinski definition) is 1. The van der Waals surface area contributed by atoms with Crippen molar-refractivity contribution in [3.63, 3.8) is 0 Å². The average molecular weight is 423 g/mol. The fraction of sp³-hybridized carbons (Fsp3) is 0.143. The van der Waals surface area contributed by atoms with E-state index >= 15 is 0 Å². The maximum atomic E-state index is 12.2. The number of rotatable bonds is 7. The summed E-state index contributed by atoms with van der Waals surface area (Å²) in [5.41, 5.74) is 1.41. The van der Waals surface area contributed by atoms with Gasteiger partial charge in [0.05, 0.1) is 12.4 Å². The second kappa shape index (κ2) is 8.83. The summed E-state index contributed by atoms with van der Waals surface area (Å²) in [7, 11) is 0. The van der Waals surface area contributed by atoms with Crippen molar-refractivity contribution in [3.8, 4) is 17.2 Å². The Hall–Kier alpha value is -3.59. The maximum Gasteiger partial charge on any atom is 0.336 e. The summed E-state index contributed by atoms with van der Waals surface area (Å²) in [6.07, 6.45) is 0. The normalized spacial score (nSPS) is 10.8. The molecule has 0 saturated carbocycles. The maximum absolute atomic E-state index is 12.2. The van der Waals surface area contributed by atoms with E-state index in [-0.39, 0.29) is 11.7 Å². The Morgan fingerprint density at radius 3 is 2.70 bits per heavy atom. The molecule has 8 nitrogen and oxygen atoms in total. The second-order valence-corrected chi connectivity index (χ2v) is 7.10. The Balaban J connectivity index is 1.35. The number of thioether (sulfide) groups is 1. The van der Waals surface area contributed by atoms with Crippen LogP contribution in [0.3, 0.4) is 0 Å². The Bertz CT molecular complexity index is 1230. The van der Waals surface area contributed by atoms with Crippen LogP contribution in [0.25, 0.3) is 22.4 Å². The van der Waals surface area contributed by atoms with Gasteiger partial charge in [-0.3, -0.25) is 4.79 Å². The molecule has 0 saturated heterocycles. The van der Waals surface area contributed by atoms with E-state index in [0.717, 1.165) is 28.5 Å². The lowest BCUT2D eigenvalue weighted by atomic mass is 10.2. The Morgan fingerprint density at radius 2 is 1.90 bits per heavy atom. The van der Waals surface area contributed by atoms with Crippen molar-refractivity contribution in [2.45, 2.75) is 12.1 Å². The van der Waals surface area contributed by atoms with Gasteiger partial charge in [0.15, 0.2) is 0 Å². The Morgan fingerprint density at radius 1 is 1.07 bits per heavy atom. The molecule has 0 aliphatic heterocycles. The van der Waals surface area contributed by atoms with E-state index in [0.29, 0.717) is 29.0 Å². The third-order valence-electron chi connectivity index (χ3n) is 4.05. The third kappa shape index (κ3) is 4.69. The number of carbonyl (C=O) groups excluding carboxylic acids is 1. The van der Waals surface area contributed by atoms with Gasteiger partial charge in [0.1, 0.15) is 11.3 Å². The highest BCUT2D eigenvalue weighted by Crippen LogP contribution is 2.25. The van der Waals surface area contributed by atoms with Gasteiger partial charge in [0.2, 0.25) is 11.8 Å². The molecule has 0 radical (unpaired) electrons. The summed E-state index contributed by atoms with van der Waals surface area (Å²) in [6, 6.07) is 15.4. The summed E-state index contributed by atoms with van der Waals surface area (Å²) >= 11 is 1.14. The first-order valence-corrected chi connectivity index (χ1v) is 10.1. The van der Waals surface area contributed by atoms with Crippen LogP contribution in [-0.4, -0.2) is 28.5 Å². The van der Waals surface area contributed by atoms with Gasteiger partial charge in [-0.2, -0.15) is 0 Å². The minimum absolute atomic E-state index is 0.104. The molecular formula is C21H17N3O5S. The van der Waals surface area contributed by atoms with Gasteiger partial charge in [0, 0.05) is 22.7 Å². The van der Waals surface area contributed by atoms with Gasteiger partial charge in [-0.05, 0) is 55.5 Å². The Labute approximate surface area is 175 Å². The van der Waals surface area contributed by atoms with Gasteiger partial charge < -0.3 is 18.9 Å². The molecule has 0 atom stereocenters. The van der Waals surface area contributed by atoms with Gasteiger partial charge >= 0.3 is 5.63 Å². The van der Waals surface area contributed by atoms with Crippen LogP contribution in [0.4, 0.5) is 5.69 Å². The number of amides is 1. The van der Waals surface area contributed by atoms with Crippen LogP contribution in [-0.2, 0) is 4.79 Å². The predicted octanol–water partition coefficient (Wildman–Crippen LogP) is 3.97. The number of anilines is 1. The number of nitrogens with one attached hydrogen (secondary N) is 1. The highest BCUT2D eigenvalue weighted by molar-refractivity contribution is 7.99. The SMILES string of the molecule is CCOc1ccc(-c2nnc(SCC(=O)Nc3ccc4oc(=O)ccc4c3)o2)cc1. The minimum Gasteiger partial charge on any atom is -0.494 e. The highest BCUT2D eigenvalue weighted by Gasteiger charge is 2.12. The molecule has 0 aliphatic carbocycles. The summed E-state index contributed by atoms with van der Waals surface area (Å²) in [5, 5.41) is 11.8. The van der Waals surface area contributed by atoms with Crippen LogP contribution >= 0.6 is 11.8 Å². The van der Waals surface area contributed by atoms with Crippen LogP contribution in [0, 0.1) is 0 Å². The van der Waals surface area contributed by atoms with Crippen molar-refractivity contribution < 1.29 is 18.4 Å². The van der Waals surface area contributed by atoms with E-state index in [1.165, 1.54) is 6.07 Å². The van der Waals surface area contributed by atoms with Crippen LogP contribution in [0.1, 0.15) is 6.92 Å². The molecule has 2 heterocycles. The molecule has 1 amide bonds. The van der Waals surface area contributed by atoms with E-state index in [1.807, 2.05) is 31.2 Å². The van der Waals surface area contributed by atoms with Gasteiger partial charge in [-0.1, -0.05) is 11.8 Å². The third-order valence-corrected chi connectivity index (χ3v) is 4.87. The van der Waals surface area contributed by atoms with Gasteiger partial charge in [0.25, 0.3) is 5.22 Å². The zero-order valence-electron chi connectivity index (χ0n) is 16.0. The van der Waals surface area contributed by atoms with Crippen molar-refractivity contribution in [3.05, 3.63) is 65.0 Å². The first-order valence-electron chi connectivity index (χ1n) is 9.14. The van der Waals surface area contributed by atoms with Crippen LogP contribution < -0.4 is 15.7 Å². The molecule has 2 aromatic carbocycles. The molecule has 0 spiro atoms. The van der Waals surface area contributed by atoms with E-state index < -0.39 is 5.63 Å². The van der Waals surface area contributed by atoms with Crippen molar-refractivity contribution in [2.75, 3.05) is 17.7 Å². The monoisotopic (exact) mass is 423 g/mol. The van der Waals surface area contributed by atoms with E-state index in [2.05, 4.69) is 15.5 Å². The molecule has 152 valence electrons. The van der Waals surface area contributed by atoms with Crippen LogP contribution in [0.2, 0.25) is 0 Å². The van der Waals surface area contributed by atoms with E-state index in [1.54, 1.807) is 24.3 Å². The first-order chi connectivity index (χ1) is 14.6. The zero-order valence-corrected chi connectivity index (χ0v) is 16.8.